The molecule has 3 amide bonds. The van der Waals surface area contributed by atoms with Gasteiger partial charge in [0, 0.05) is 11.0 Å². The Bertz CT molecular complexity index is 628. The third-order valence-corrected chi connectivity index (χ3v) is 3.92. The van der Waals surface area contributed by atoms with Crippen LogP contribution < -0.4 is 15.4 Å². The zero-order valence-electron chi connectivity index (χ0n) is 13.1. The van der Waals surface area contributed by atoms with Crippen molar-refractivity contribution >= 4 is 27.9 Å². The molecule has 0 aromatic heterocycles. The second-order valence-electron chi connectivity index (χ2n) is 5.42. The Hall–Kier alpha value is -1.97. The SMILES string of the molecule is O=C(NCCOc1cccc(Br)c1)N[C@H]1CCN(CC(F)(F)F)C1=O. The van der Waals surface area contributed by atoms with Crippen molar-refractivity contribution < 1.29 is 27.5 Å². The van der Waals surface area contributed by atoms with E-state index in [1.165, 1.54) is 0 Å². The number of amides is 3. The van der Waals surface area contributed by atoms with E-state index in [4.69, 9.17) is 4.74 Å². The van der Waals surface area contributed by atoms with Gasteiger partial charge in [-0.15, -0.1) is 0 Å². The fraction of sp³-hybridized carbons (Fsp3) is 0.467. The zero-order chi connectivity index (χ0) is 18.4. The fourth-order valence-electron chi connectivity index (χ4n) is 2.35. The van der Waals surface area contributed by atoms with Crippen LogP contribution in [0.15, 0.2) is 28.7 Å². The number of urea groups is 1. The van der Waals surface area contributed by atoms with Crippen molar-refractivity contribution in [2.24, 2.45) is 0 Å². The Morgan fingerprint density at radius 2 is 2.16 bits per heavy atom. The highest BCUT2D eigenvalue weighted by Gasteiger charge is 2.39. The Morgan fingerprint density at radius 1 is 1.40 bits per heavy atom. The minimum absolute atomic E-state index is 0.0325. The Balaban J connectivity index is 1.68. The molecule has 10 heteroatoms. The number of hydrogen-bond acceptors (Lipinski definition) is 3. The van der Waals surface area contributed by atoms with Gasteiger partial charge in [0.2, 0.25) is 5.91 Å². The number of nitrogens with zero attached hydrogens (tertiary/aromatic N) is 1. The number of alkyl halides is 3. The molecule has 2 rings (SSSR count). The average molecular weight is 424 g/mol. The molecule has 0 saturated carbocycles. The van der Waals surface area contributed by atoms with Crippen LogP contribution >= 0.6 is 15.9 Å². The number of ether oxygens (including phenoxy) is 1. The molecule has 138 valence electrons. The van der Waals surface area contributed by atoms with Crippen LogP contribution in [0.2, 0.25) is 0 Å². The molecule has 1 aromatic rings. The van der Waals surface area contributed by atoms with Crippen molar-refractivity contribution in [1.29, 1.82) is 0 Å². The van der Waals surface area contributed by atoms with E-state index in [-0.39, 0.29) is 26.1 Å². The number of halogens is 4. The van der Waals surface area contributed by atoms with Gasteiger partial charge in [0.05, 0.1) is 6.54 Å². The Kier molecular flexibility index (Phi) is 6.51. The van der Waals surface area contributed by atoms with Gasteiger partial charge in [0.25, 0.3) is 0 Å². The number of carbonyl (C=O) groups is 2. The molecular formula is C15H17BrF3N3O3. The standard InChI is InChI=1S/C15H17BrF3N3O3/c16-10-2-1-3-11(8-10)25-7-5-20-14(24)21-12-4-6-22(13(12)23)9-15(17,18)19/h1-3,8,12H,4-7,9H2,(H2,20,21,24)/t12-/m0/s1. The predicted molar refractivity (Wildman–Crippen MR) is 87.2 cm³/mol. The number of carbonyl (C=O) groups excluding carboxylic acids is 2. The molecular weight excluding hydrogens is 407 g/mol. The monoisotopic (exact) mass is 423 g/mol. The van der Waals surface area contributed by atoms with E-state index in [9.17, 15) is 22.8 Å². The van der Waals surface area contributed by atoms with E-state index in [0.717, 1.165) is 4.47 Å². The molecule has 0 aliphatic carbocycles. The van der Waals surface area contributed by atoms with Crippen LogP contribution in [0.25, 0.3) is 0 Å². The first-order valence-corrected chi connectivity index (χ1v) is 8.32. The molecule has 1 fully saturated rings. The number of rotatable bonds is 6. The van der Waals surface area contributed by atoms with Crippen LogP contribution in [-0.2, 0) is 4.79 Å². The van der Waals surface area contributed by atoms with Gasteiger partial charge in [-0.05, 0) is 24.6 Å². The molecule has 0 spiro atoms. The van der Waals surface area contributed by atoms with E-state index >= 15 is 0 Å². The molecule has 0 radical (unpaired) electrons. The smallest absolute Gasteiger partial charge is 0.406 e. The molecule has 1 saturated heterocycles. The molecule has 1 atom stereocenters. The lowest BCUT2D eigenvalue weighted by Gasteiger charge is -2.18. The number of hydrogen-bond donors (Lipinski definition) is 2. The molecule has 6 nitrogen and oxygen atoms in total. The van der Waals surface area contributed by atoms with Gasteiger partial charge in [-0.2, -0.15) is 13.2 Å². The second-order valence-corrected chi connectivity index (χ2v) is 6.34. The van der Waals surface area contributed by atoms with Crippen LogP contribution in [-0.4, -0.2) is 55.3 Å². The van der Waals surface area contributed by atoms with E-state index in [0.29, 0.717) is 10.6 Å². The maximum absolute atomic E-state index is 12.3. The average Bonchev–Trinajstić information content (AvgIpc) is 2.83. The summed E-state index contributed by atoms with van der Waals surface area (Å²) < 4.78 is 43.3. The fourth-order valence-corrected chi connectivity index (χ4v) is 2.72. The summed E-state index contributed by atoms with van der Waals surface area (Å²) in [5.74, 6) is -0.0943. The van der Waals surface area contributed by atoms with E-state index in [1.54, 1.807) is 18.2 Å². The van der Waals surface area contributed by atoms with Crippen LogP contribution in [0.5, 0.6) is 5.75 Å². The molecule has 1 aliphatic rings. The molecule has 0 bridgehead atoms. The summed E-state index contributed by atoms with van der Waals surface area (Å²) in [6, 6.07) is 5.62. The predicted octanol–water partition coefficient (Wildman–Crippen LogP) is 2.29. The summed E-state index contributed by atoms with van der Waals surface area (Å²) in [6.45, 7) is -0.935. The van der Waals surface area contributed by atoms with Crippen molar-refractivity contribution in [3.8, 4) is 5.75 Å². The van der Waals surface area contributed by atoms with Crippen molar-refractivity contribution in [3.05, 3.63) is 28.7 Å². The first-order chi connectivity index (χ1) is 11.7. The lowest BCUT2D eigenvalue weighted by molar-refractivity contribution is -0.157. The van der Waals surface area contributed by atoms with E-state index in [2.05, 4.69) is 26.6 Å². The number of benzene rings is 1. The quantitative estimate of drug-likeness (QED) is 0.689. The molecule has 1 aromatic carbocycles. The number of likely N-dealkylation sites (tertiary alicyclic amines) is 1. The first kappa shape index (κ1) is 19.4. The third kappa shape index (κ3) is 6.45. The van der Waals surface area contributed by atoms with Crippen LogP contribution in [0.1, 0.15) is 6.42 Å². The van der Waals surface area contributed by atoms with Gasteiger partial charge in [0.15, 0.2) is 0 Å². The minimum Gasteiger partial charge on any atom is -0.492 e. The summed E-state index contributed by atoms with van der Waals surface area (Å²) in [5, 5.41) is 4.88. The molecule has 0 unspecified atom stereocenters. The zero-order valence-corrected chi connectivity index (χ0v) is 14.7. The molecule has 25 heavy (non-hydrogen) atoms. The van der Waals surface area contributed by atoms with Crippen molar-refractivity contribution in [3.63, 3.8) is 0 Å². The largest absolute Gasteiger partial charge is 0.492 e. The van der Waals surface area contributed by atoms with Crippen LogP contribution in [0.3, 0.4) is 0 Å². The molecule has 2 N–H and O–H groups in total. The third-order valence-electron chi connectivity index (χ3n) is 3.43. The maximum Gasteiger partial charge on any atom is 0.406 e. The van der Waals surface area contributed by atoms with Crippen molar-refractivity contribution in [2.75, 3.05) is 26.2 Å². The van der Waals surface area contributed by atoms with E-state index < -0.39 is 30.7 Å². The summed E-state index contributed by atoms with van der Waals surface area (Å²) in [5.41, 5.74) is 0. The number of nitrogens with one attached hydrogen (secondary N) is 2. The normalized spacial score (nSPS) is 17.5. The Labute approximate surface area is 150 Å². The van der Waals surface area contributed by atoms with Crippen molar-refractivity contribution in [1.82, 2.24) is 15.5 Å². The first-order valence-electron chi connectivity index (χ1n) is 7.53. The summed E-state index contributed by atoms with van der Waals surface area (Å²) in [6.07, 6.45) is -4.30. The van der Waals surface area contributed by atoms with Gasteiger partial charge < -0.3 is 20.3 Å². The Morgan fingerprint density at radius 3 is 2.84 bits per heavy atom. The van der Waals surface area contributed by atoms with Crippen LogP contribution in [0.4, 0.5) is 18.0 Å². The van der Waals surface area contributed by atoms with Gasteiger partial charge in [0.1, 0.15) is 24.9 Å². The minimum atomic E-state index is -4.45. The highest BCUT2D eigenvalue weighted by atomic mass is 79.9. The summed E-state index contributed by atoms with van der Waals surface area (Å²) >= 11 is 3.31. The topological polar surface area (TPSA) is 70.7 Å². The van der Waals surface area contributed by atoms with Gasteiger partial charge >= 0.3 is 12.2 Å². The molecule has 1 aliphatic heterocycles. The summed E-state index contributed by atoms with van der Waals surface area (Å²) in [4.78, 5) is 24.2. The second kappa shape index (κ2) is 8.41. The maximum atomic E-state index is 12.3. The van der Waals surface area contributed by atoms with Gasteiger partial charge in [-0.3, -0.25) is 4.79 Å². The van der Waals surface area contributed by atoms with Gasteiger partial charge in [-0.1, -0.05) is 22.0 Å². The lowest BCUT2D eigenvalue weighted by Crippen LogP contribution is -2.47. The van der Waals surface area contributed by atoms with Crippen molar-refractivity contribution in [2.45, 2.75) is 18.6 Å². The molecule has 1 heterocycles. The highest BCUT2D eigenvalue weighted by Crippen LogP contribution is 2.21. The summed E-state index contributed by atoms with van der Waals surface area (Å²) in [7, 11) is 0. The lowest BCUT2D eigenvalue weighted by atomic mass is 10.2. The highest BCUT2D eigenvalue weighted by molar-refractivity contribution is 9.10. The van der Waals surface area contributed by atoms with Gasteiger partial charge in [-0.25, -0.2) is 4.79 Å². The van der Waals surface area contributed by atoms with E-state index in [1.807, 2.05) is 6.07 Å². The van der Waals surface area contributed by atoms with Crippen LogP contribution in [0, 0.1) is 0 Å².